The van der Waals surface area contributed by atoms with Crippen LogP contribution in [0.1, 0.15) is 0 Å². The van der Waals surface area contributed by atoms with E-state index in [4.69, 9.17) is 29.6 Å². The lowest BCUT2D eigenvalue weighted by molar-refractivity contribution is 0.804. The highest BCUT2D eigenvalue weighted by Crippen LogP contribution is 2.09. The number of aromatic nitrogens is 2. The summed E-state index contributed by atoms with van der Waals surface area (Å²) >= 11 is 10.7. The first-order valence-electron chi connectivity index (χ1n) is 4.46. The molecule has 6 heteroatoms. The number of H-pyrrole nitrogens is 1. The Kier molecular flexibility index (Phi) is 2.80. The van der Waals surface area contributed by atoms with Crippen LogP contribution in [0.15, 0.2) is 35.1 Å². The SMILES string of the molecule is Nc1ccc(-n2[nH]c(Cl)cc(=S)c2=O)cc1. The van der Waals surface area contributed by atoms with Crippen molar-refractivity contribution in [3.63, 3.8) is 0 Å². The molecule has 4 nitrogen and oxygen atoms in total. The molecule has 0 spiro atoms. The Labute approximate surface area is 101 Å². The molecule has 0 fully saturated rings. The second-order valence-electron chi connectivity index (χ2n) is 3.20. The summed E-state index contributed by atoms with van der Waals surface area (Å²) in [5, 5.41) is 3.02. The number of rotatable bonds is 1. The van der Waals surface area contributed by atoms with Crippen LogP contribution < -0.4 is 11.3 Å². The first-order chi connectivity index (χ1) is 7.58. The van der Waals surface area contributed by atoms with E-state index < -0.39 is 0 Å². The topological polar surface area (TPSA) is 63.8 Å². The van der Waals surface area contributed by atoms with Gasteiger partial charge in [0, 0.05) is 5.69 Å². The van der Waals surface area contributed by atoms with Crippen molar-refractivity contribution in [1.82, 2.24) is 9.78 Å². The minimum atomic E-state index is -0.316. The van der Waals surface area contributed by atoms with E-state index in [0.29, 0.717) is 16.5 Å². The fourth-order valence-corrected chi connectivity index (χ4v) is 1.75. The van der Waals surface area contributed by atoms with Crippen LogP contribution >= 0.6 is 23.8 Å². The second-order valence-corrected chi connectivity index (χ2v) is 4.05. The molecule has 82 valence electrons. The maximum atomic E-state index is 11.7. The zero-order valence-corrected chi connectivity index (χ0v) is 9.68. The highest BCUT2D eigenvalue weighted by molar-refractivity contribution is 7.71. The largest absolute Gasteiger partial charge is 0.399 e. The quantitative estimate of drug-likeness (QED) is 0.605. The van der Waals surface area contributed by atoms with E-state index in [1.165, 1.54) is 10.7 Å². The third kappa shape index (κ3) is 2.00. The molecule has 16 heavy (non-hydrogen) atoms. The van der Waals surface area contributed by atoms with Crippen LogP contribution in [0.5, 0.6) is 0 Å². The van der Waals surface area contributed by atoms with Crippen LogP contribution in [-0.4, -0.2) is 9.78 Å². The van der Waals surface area contributed by atoms with Gasteiger partial charge in [0.1, 0.15) is 9.66 Å². The van der Waals surface area contributed by atoms with E-state index in [-0.39, 0.29) is 10.1 Å². The van der Waals surface area contributed by atoms with E-state index >= 15 is 0 Å². The van der Waals surface area contributed by atoms with Crippen LogP contribution in [0.25, 0.3) is 5.69 Å². The van der Waals surface area contributed by atoms with Gasteiger partial charge in [-0.05, 0) is 30.3 Å². The number of nitrogen functional groups attached to an aromatic ring is 1. The smallest absolute Gasteiger partial charge is 0.287 e. The molecule has 0 amide bonds. The van der Waals surface area contributed by atoms with Crippen molar-refractivity contribution in [2.24, 2.45) is 0 Å². The average molecular weight is 254 g/mol. The number of aromatic amines is 1. The number of nitrogens with two attached hydrogens (primary N) is 1. The summed E-state index contributed by atoms with van der Waals surface area (Å²) in [6.45, 7) is 0. The lowest BCUT2D eigenvalue weighted by atomic mass is 10.3. The van der Waals surface area contributed by atoms with Crippen LogP contribution in [0.3, 0.4) is 0 Å². The van der Waals surface area contributed by atoms with Crippen molar-refractivity contribution in [2.45, 2.75) is 0 Å². The van der Waals surface area contributed by atoms with Crippen molar-refractivity contribution in [2.75, 3.05) is 5.73 Å². The van der Waals surface area contributed by atoms with Gasteiger partial charge in [0.05, 0.1) is 5.69 Å². The third-order valence-electron chi connectivity index (χ3n) is 2.04. The molecule has 0 radical (unpaired) electrons. The van der Waals surface area contributed by atoms with Gasteiger partial charge in [-0.2, -0.15) is 0 Å². The first-order valence-corrected chi connectivity index (χ1v) is 5.24. The molecule has 0 aliphatic rings. The summed E-state index contributed by atoms with van der Waals surface area (Å²) in [7, 11) is 0. The highest BCUT2D eigenvalue weighted by atomic mass is 35.5. The maximum Gasteiger partial charge on any atom is 0.287 e. The average Bonchev–Trinajstić information content (AvgIpc) is 2.25. The van der Waals surface area contributed by atoms with Gasteiger partial charge in [0.25, 0.3) is 5.56 Å². The van der Waals surface area contributed by atoms with E-state index in [9.17, 15) is 4.79 Å². The second kappa shape index (κ2) is 4.11. The summed E-state index contributed by atoms with van der Waals surface area (Å²) in [6.07, 6.45) is 0. The predicted molar refractivity (Wildman–Crippen MR) is 66.6 cm³/mol. The van der Waals surface area contributed by atoms with Crippen LogP contribution in [0.4, 0.5) is 5.69 Å². The molecule has 1 heterocycles. The van der Waals surface area contributed by atoms with Gasteiger partial charge >= 0.3 is 0 Å². The van der Waals surface area contributed by atoms with Crippen molar-refractivity contribution in [3.05, 3.63) is 50.3 Å². The zero-order valence-electron chi connectivity index (χ0n) is 8.11. The van der Waals surface area contributed by atoms with Crippen LogP contribution in [0.2, 0.25) is 5.15 Å². The standard InChI is InChI=1S/C10H8ClN3OS/c11-9-5-8(16)10(15)14(13-9)7-3-1-6(12)2-4-7/h1-5,13H,12H2. The molecule has 3 N–H and O–H groups in total. The Morgan fingerprint density at radius 2 is 1.94 bits per heavy atom. The normalized spacial score (nSPS) is 10.3. The molecule has 0 aliphatic carbocycles. The van der Waals surface area contributed by atoms with Crippen molar-refractivity contribution in [3.8, 4) is 5.69 Å². The lowest BCUT2D eigenvalue weighted by Crippen LogP contribution is -2.21. The number of benzene rings is 1. The van der Waals surface area contributed by atoms with E-state index in [2.05, 4.69) is 5.10 Å². The van der Waals surface area contributed by atoms with E-state index in [1.54, 1.807) is 24.3 Å². The molecule has 1 aromatic carbocycles. The van der Waals surface area contributed by atoms with Crippen LogP contribution in [-0.2, 0) is 0 Å². The minimum Gasteiger partial charge on any atom is -0.399 e. The zero-order chi connectivity index (χ0) is 11.7. The summed E-state index contributed by atoms with van der Waals surface area (Å²) in [4.78, 5) is 11.7. The van der Waals surface area contributed by atoms with Gasteiger partial charge in [0.2, 0.25) is 0 Å². The van der Waals surface area contributed by atoms with Crippen molar-refractivity contribution >= 4 is 29.5 Å². The third-order valence-corrected chi connectivity index (χ3v) is 2.53. The molecular weight excluding hydrogens is 246 g/mol. The minimum absolute atomic E-state index is 0.167. The van der Waals surface area contributed by atoms with Crippen molar-refractivity contribution < 1.29 is 0 Å². The Morgan fingerprint density at radius 1 is 1.31 bits per heavy atom. The molecule has 0 atom stereocenters. The monoisotopic (exact) mass is 253 g/mol. The highest BCUT2D eigenvalue weighted by Gasteiger charge is 2.02. The molecular formula is C10H8ClN3OS. The number of hydrogen-bond donors (Lipinski definition) is 2. The van der Waals surface area contributed by atoms with Gasteiger partial charge in [0.15, 0.2) is 0 Å². The number of hydrogen-bond acceptors (Lipinski definition) is 3. The predicted octanol–water partition coefficient (Wildman–Crippen LogP) is 2.13. The van der Waals surface area contributed by atoms with Gasteiger partial charge in [-0.25, -0.2) is 4.68 Å². The Morgan fingerprint density at radius 3 is 2.56 bits per heavy atom. The molecule has 0 unspecified atom stereocenters. The molecule has 0 saturated heterocycles. The van der Waals surface area contributed by atoms with Gasteiger partial charge < -0.3 is 5.73 Å². The van der Waals surface area contributed by atoms with Crippen molar-refractivity contribution in [1.29, 1.82) is 0 Å². The first kappa shape index (κ1) is 10.9. The molecule has 0 bridgehead atoms. The molecule has 0 saturated carbocycles. The Hall–Kier alpha value is -1.59. The number of anilines is 1. The number of halogens is 1. The summed E-state index contributed by atoms with van der Waals surface area (Å²) in [5.74, 6) is 0. The van der Waals surface area contributed by atoms with Gasteiger partial charge in [-0.1, -0.05) is 23.8 Å². The fourth-order valence-electron chi connectivity index (χ4n) is 1.28. The number of nitrogens with one attached hydrogen (secondary N) is 1. The molecule has 0 aliphatic heterocycles. The maximum absolute atomic E-state index is 11.7. The lowest BCUT2D eigenvalue weighted by Gasteiger charge is -2.06. The summed E-state index contributed by atoms with van der Waals surface area (Å²) in [6, 6.07) is 8.21. The molecule has 1 aromatic heterocycles. The Bertz CT molecular complexity index is 630. The van der Waals surface area contributed by atoms with E-state index in [1.807, 2.05) is 0 Å². The summed E-state index contributed by atoms with van der Waals surface area (Å²) in [5.41, 5.74) is 6.50. The summed E-state index contributed by atoms with van der Waals surface area (Å²) < 4.78 is 1.45. The molecule has 2 rings (SSSR count). The molecule has 2 aromatic rings. The Balaban J connectivity index is 2.69. The van der Waals surface area contributed by atoms with Gasteiger partial charge in [-0.15, -0.1) is 0 Å². The number of nitrogens with zero attached hydrogens (tertiary/aromatic N) is 1. The van der Waals surface area contributed by atoms with Gasteiger partial charge in [-0.3, -0.25) is 9.89 Å². The van der Waals surface area contributed by atoms with E-state index in [0.717, 1.165) is 0 Å². The van der Waals surface area contributed by atoms with Crippen LogP contribution in [0, 0.1) is 4.51 Å². The fraction of sp³-hybridized carbons (Fsp3) is 0.